The molecule has 0 aliphatic heterocycles. The van der Waals surface area contributed by atoms with E-state index in [2.05, 4.69) is 29.8 Å². The number of nitrogens with two attached hydrogens (primary N) is 1. The Kier molecular flexibility index (Phi) is 5.26. The summed E-state index contributed by atoms with van der Waals surface area (Å²) >= 11 is 5.19. The van der Waals surface area contributed by atoms with E-state index in [1.807, 2.05) is 18.4 Å². The normalized spacial score (nSPS) is 15.6. The largest absolute Gasteiger partial charge is 0.376 e. The van der Waals surface area contributed by atoms with E-state index in [1.54, 1.807) is 11.3 Å². The van der Waals surface area contributed by atoms with Gasteiger partial charge in [-0.05, 0) is 40.2 Å². The highest BCUT2D eigenvalue weighted by molar-refractivity contribution is 9.10. The standard InChI is InChI=1S/C11H18BrNOS/c1-4-14-10(7(2)3)9(13)11-8(12)5-6-15-11/h5-7,9-10H,4,13H2,1-3H3. The maximum absolute atomic E-state index is 6.23. The van der Waals surface area contributed by atoms with Crippen LogP contribution in [0.4, 0.5) is 0 Å². The Morgan fingerprint density at radius 3 is 2.60 bits per heavy atom. The van der Waals surface area contributed by atoms with Crippen LogP contribution >= 0.6 is 27.3 Å². The molecule has 1 rings (SSSR count). The van der Waals surface area contributed by atoms with E-state index in [1.165, 1.54) is 4.88 Å². The van der Waals surface area contributed by atoms with Gasteiger partial charge in [-0.2, -0.15) is 0 Å². The van der Waals surface area contributed by atoms with Crippen LogP contribution in [0, 0.1) is 5.92 Å². The average Bonchev–Trinajstić information content (AvgIpc) is 2.59. The predicted molar refractivity (Wildman–Crippen MR) is 69.2 cm³/mol. The molecule has 15 heavy (non-hydrogen) atoms. The van der Waals surface area contributed by atoms with Crippen LogP contribution in [0.25, 0.3) is 0 Å². The number of halogens is 1. The van der Waals surface area contributed by atoms with Crippen molar-refractivity contribution in [3.63, 3.8) is 0 Å². The number of hydrogen-bond acceptors (Lipinski definition) is 3. The van der Waals surface area contributed by atoms with Crippen molar-refractivity contribution in [3.8, 4) is 0 Å². The van der Waals surface area contributed by atoms with Gasteiger partial charge in [0.25, 0.3) is 0 Å². The van der Waals surface area contributed by atoms with E-state index in [0.29, 0.717) is 12.5 Å². The second-order valence-electron chi connectivity index (χ2n) is 3.82. The molecule has 0 bridgehead atoms. The van der Waals surface area contributed by atoms with Gasteiger partial charge < -0.3 is 10.5 Å². The van der Waals surface area contributed by atoms with Crippen LogP contribution in [-0.4, -0.2) is 12.7 Å². The number of hydrogen-bond donors (Lipinski definition) is 1. The van der Waals surface area contributed by atoms with Gasteiger partial charge in [-0.25, -0.2) is 0 Å². The Morgan fingerprint density at radius 1 is 1.53 bits per heavy atom. The van der Waals surface area contributed by atoms with Gasteiger partial charge in [0.1, 0.15) is 0 Å². The molecule has 0 spiro atoms. The van der Waals surface area contributed by atoms with Crippen molar-refractivity contribution in [1.29, 1.82) is 0 Å². The molecule has 86 valence electrons. The topological polar surface area (TPSA) is 35.2 Å². The maximum Gasteiger partial charge on any atom is 0.0798 e. The summed E-state index contributed by atoms with van der Waals surface area (Å²) in [6, 6.07) is 1.99. The summed E-state index contributed by atoms with van der Waals surface area (Å²) < 4.78 is 6.79. The summed E-state index contributed by atoms with van der Waals surface area (Å²) in [5.41, 5.74) is 6.23. The van der Waals surface area contributed by atoms with Crippen LogP contribution in [0.2, 0.25) is 0 Å². The summed E-state index contributed by atoms with van der Waals surface area (Å²) in [6.45, 7) is 6.99. The van der Waals surface area contributed by atoms with Gasteiger partial charge in [-0.1, -0.05) is 13.8 Å². The fourth-order valence-corrected chi connectivity index (χ4v) is 3.27. The minimum atomic E-state index is -0.0423. The van der Waals surface area contributed by atoms with E-state index in [-0.39, 0.29) is 12.1 Å². The second kappa shape index (κ2) is 5.99. The molecule has 0 saturated carbocycles. The van der Waals surface area contributed by atoms with Crippen molar-refractivity contribution in [3.05, 3.63) is 20.8 Å². The lowest BCUT2D eigenvalue weighted by Crippen LogP contribution is -2.33. The molecule has 1 aromatic heterocycles. The zero-order valence-electron chi connectivity index (χ0n) is 9.37. The third kappa shape index (κ3) is 3.28. The zero-order chi connectivity index (χ0) is 11.4. The first-order chi connectivity index (χ1) is 7.07. The molecule has 2 nitrogen and oxygen atoms in total. The molecule has 0 aliphatic carbocycles. The first-order valence-corrected chi connectivity index (χ1v) is 6.85. The number of ether oxygens (including phenoxy) is 1. The lowest BCUT2D eigenvalue weighted by molar-refractivity contribution is 0.0128. The molecule has 0 fully saturated rings. The van der Waals surface area contributed by atoms with E-state index in [9.17, 15) is 0 Å². The summed E-state index contributed by atoms with van der Waals surface area (Å²) in [5, 5.41) is 2.04. The van der Waals surface area contributed by atoms with Crippen LogP contribution in [0.3, 0.4) is 0 Å². The Labute approximate surface area is 104 Å². The molecule has 0 radical (unpaired) electrons. The first-order valence-electron chi connectivity index (χ1n) is 5.18. The third-order valence-corrected chi connectivity index (χ3v) is 4.29. The molecular weight excluding hydrogens is 274 g/mol. The average molecular weight is 292 g/mol. The van der Waals surface area contributed by atoms with Crippen LogP contribution in [0.1, 0.15) is 31.7 Å². The van der Waals surface area contributed by atoms with Crippen molar-refractivity contribution < 1.29 is 4.74 Å². The number of rotatable bonds is 5. The molecular formula is C11H18BrNOS. The minimum absolute atomic E-state index is 0.0423. The Morgan fingerprint density at radius 2 is 2.20 bits per heavy atom. The summed E-state index contributed by atoms with van der Waals surface area (Å²) in [7, 11) is 0. The highest BCUT2D eigenvalue weighted by Gasteiger charge is 2.25. The van der Waals surface area contributed by atoms with E-state index < -0.39 is 0 Å². The molecule has 2 unspecified atom stereocenters. The molecule has 1 heterocycles. The van der Waals surface area contributed by atoms with Crippen LogP contribution in [0.5, 0.6) is 0 Å². The van der Waals surface area contributed by atoms with E-state index in [0.717, 1.165) is 4.47 Å². The van der Waals surface area contributed by atoms with Crippen LogP contribution in [-0.2, 0) is 4.74 Å². The first kappa shape index (κ1) is 13.2. The van der Waals surface area contributed by atoms with E-state index in [4.69, 9.17) is 10.5 Å². The molecule has 0 aromatic carbocycles. The third-order valence-electron chi connectivity index (χ3n) is 2.32. The summed E-state index contributed by atoms with van der Waals surface area (Å²) in [6.07, 6.45) is 0.0879. The molecule has 4 heteroatoms. The molecule has 0 amide bonds. The van der Waals surface area contributed by atoms with Gasteiger partial charge >= 0.3 is 0 Å². The fraction of sp³-hybridized carbons (Fsp3) is 0.636. The Balaban J connectivity index is 2.80. The van der Waals surface area contributed by atoms with Crippen LogP contribution in [0.15, 0.2) is 15.9 Å². The van der Waals surface area contributed by atoms with Crippen molar-refractivity contribution >= 4 is 27.3 Å². The zero-order valence-corrected chi connectivity index (χ0v) is 11.8. The van der Waals surface area contributed by atoms with Crippen LogP contribution < -0.4 is 5.73 Å². The molecule has 2 N–H and O–H groups in total. The Bertz CT molecular complexity index is 301. The maximum atomic E-state index is 6.23. The van der Waals surface area contributed by atoms with Gasteiger partial charge in [0.05, 0.1) is 12.1 Å². The van der Waals surface area contributed by atoms with Crippen molar-refractivity contribution in [2.75, 3.05) is 6.61 Å². The Hall–Kier alpha value is 0.100. The van der Waals surface area contributed by atoms with Crippen molar-refractivity contribution in [2.24, 2.45) is 11.7 Å². The van der Waals surface area contributed by atoms with Gasteiger partial charge in [0, 0.05) is 16.0 Å². The predicted octanol–water partition coefficient (Wildman–Crippen LogP) is 3.57. The van der Waals surface area contributed by atoms with Gasteiger partial charge in [-0.3, -0.25) is 0 Å². The van der Waals surface area contributed by atoms with Crippen molar-refractivity contribution in [1.82, 2.24) is 0 Å². The lowest BCUT2D eigenvalue weighted by Gasteiger charge is -2.26. The number of thiophene rings is 1. The van der Waals surface area contributed by atoms with Gasteiger partial charge in [0.2, 0.25) is 0 Å². The monoisotopic (exact) mass is 291 g/mol. The second-order valence-corrected chi connectivity index (χ2v) is 5.62. The molecule has 0 aliphatic rings. The van der Waals surface area contributed by atoms with E-state index >= 15 is 0 Å². The minimum Gasteiger partial charge on any atom is -0.376 e. The van der Waals surface area contributed by atoms with Crippen molar-refractivity contribution in [2.45, 2.75) is 32.9 Å². The van der Waals surface area contributed by atoms with Gasteiger partial charge in [-0.15, -0.1) is 11.3 Å². The molecule has 1 aromatic rings. The SMILES string of the molecule is CCOC(C(C)C)C(N)c1sccc1Br. The summed E-state index contributed by atoms with van der Waals surface area (Å²) in [4.78, 5) is 1.17. The quantitative estimate of drug-likeness (QED) is 0.900. The lowest BCUT2D eigenvalue weighted by atomic mass is 9.99. The summed E-state index contributed by atoms with van der Waals surface area (Å²) in [5.74, 6) is 0.425. The smallest absolute Gasteiger partial charge is 0.0798 e. The molecule has 2 atom stereocenters. The fourth-order valence-electron chi connectivity index (χ4n) is 1.60. The molecule has 0 saturated heterocycles. The highest BCUT2D eigenvalue weighted by atomic mass is 79.9. The van der Waals surface area contributed by atoms with Gasteiger partial charge in [0.15, 0.2) is 0 Å². The highest BCUT2D eigenvalue weighted by Crippen LogP contribution is 2.32.